The van der Waals surface area contributed by atoms with E-state index in [0.717, 1.165) is 0 Å². The molecule has 0 aromatic heterocycles. The fourth-order valence-electron chi connectivity index (χ4n) is 2.69. The fraction of sp³-hybridized carbons (Fsp3) is 0.474. The highest BCUT2D eigenvalue weighted by molar-refractivity contribution is 5.93. The molecule has 0 saturated carbocycles. The summed E-state index contributed by atoms with van der Waals surface area (Å²) in [6, 6.07) is 2.64. The van der Waals surface area contributed by atoms with Crippen molar-refractivity contribution >= 4 is 23.7 Å². The first-order chi connectivity index (χ1) is 14.1. The van der Waals surface area contributed by atoms with Gasteiger partial charge in [-0.3, -0.25) is 14.4 Å². The van der Waals surface area contributed by atoms with Gasteiger partial charge in [-0.15, -0.1) is 0 Å². The molecule has 1 aromatic carbocycles. The number of nitrogens with one attached hydrogen (secondary N) is 2. The molecule has 0 heterocycles. The normalized spacial score (nSPS) is 13.7. The van der Waals surface area contributed by atoms with E-state index in [2.05, 4.69) is 10.6 Å². The lowest BCUT2D eigenvalue weighted by Crippen LogP contribution is -2.55. The number of carboxylic acid groups (broad SMARTS) is 1. The van der Waals surface area contributed by atoms with Crippen LogP contribution in [0.4, 0.5) is 0 Å². The number of hydrogen-bond donors (Lipinski definition) is 7. The maximum absolute atomic E-state index is 12.5. The Kier molecular flexibility index (Phi) is 10.3. The molecule has 1 aromatic rings. The number of aliphatic carboxylic acids is 1. The van der Waals surface area contributed by atoms with Crippen molar-refractivity contribution in [3.63, 3.8) is 0 Å². The third kappa shape index (κ3) is 8.88. The van der Waals surface area contributed by atoms with Crippen LogP contribution >= 0.6 is 0 Å². The number of aromatic hydroxyl groups is 1. The van der Waals surface area contributed by atoms with Crippen LogP contribution in [0.3, 0.4) is 0 Å². The van der Waals surface area contributed by atoms with E-state index in [0.29, 0.717) is 24.9 Å². The van der Waals surface area contributed by atoms with Gasteiger partial charge in [-0.2, -0.15) is 0 Å². The first kappa shape index (κ1) is 24.9. The van der Waals surface area contributed by atoms with Gasteiger partial charge in [-0.25, -0.2) is 4.79 Å². The monoisotopic (exact) mass is 423 g/mol. The number of amides is 3. The second-order valence-electron chi connectivity index (χ2n) is 6.89. The summed E-state index contributed by atoms with van der Waals surface area (Å²) in [4.78, 5) is 47.3. The van der Waals surface area contributed by atoms with Crippen molar-refractivity contribution in [2.45, 2.75) is 50.2 Å². The Bertz CT molecular complexity index is 739. The summed E-state index contributed by atoms with van der Waals surface area (Å²) < 4.78 is 0. The first-order valence-electron chi connectivity index (χ1n) is 9.49. The third-order valence-corrected chi connectivity index (χ3v) is 4.33. The van der Waals surface area contributed by atoms with Gasteiger partial charge < -0.3 is 38.0 Å². The molecule has 3 unspecified atom stereocenters. The Morgan fingerprint density at radius 3 is 2.10 bits per heavy atom. The van der Waals surface area contributed by atoms with Gasteiger partial charge in [0.1, 0.15) is 17.8 Å². The van der Waals surface area contributed by atoms with Crippen molar-refractivity contribution in [1.29, 1.82) is 0 Å². The highest BCUT2D eigenvalue weighted by atomic mass is 16.4. The van der Waals surface area contributed by atoms with Crippen molar-refractivity contribution in [1.82, 2.24) is 10.6 Å². The number of benzene rings is 1. The molecule has 1 rings (SSSR count). The largest absolute Gasteiger partial charge is 0.508 e. The van der Waals surface area contributed by atoms with Gasteiger partial charge in [-0.1, -0.05) is 12.1 Å². The van der Waals surface area contributed by atoms with Gasteiger partial charge in [0, 0.05) is 0 Å². The van der Waals surface area contributed by atoms with Crippen LogP contribution in [0.25, 0.3) is 0 Å². The number of carbonyl (C=O) groups excluding carboxylic acids is 3. The smallest absolute Gasteiger partial charge is 0.326 e. The lowest BCUT2D eigenvalue weighted by Gasteiger charge is -2.22. The molecule has 0 saturated heterocycles. The molecule has 0 aliphatic heterocycles. The second-order valence-corrected chi connectivity index (χ2v) is 6.89. The standard InChI is InChI=1S/C19H29N5O6/c20-8-2-1-3-14(18(28)24-15(19(29)30)10-16(22)26)23-17(27)13(21)9-11-4-6-12(25)7-5-11/h4-7,13-15,25H,1-3,8-10,20-21H2,(H2,22,26)(H,23,27)(H,24,28)(H,29,30). The highest BCUT2D eigenvalue weighted by Gasteiger charge is 2.28. The number of primary amides is 1. The quantitative estimate of drug-likeness (QED) is 0.182. The van der Waals surface area contributed by atoms with Crippen LogP contribution in [-0.4, -0.2) is 58.6 Å². The van der Waals surface area contributed by atoms with E-state index >= 15 is 0 Å². The molecule has 0 spiro atoms. The Morgan fingerprint density at radius 2 is 1.57 bits per heavy atom. The molecule has 0 radical (unpaired) electrons. The number of phenolic OH excluding ortho intramolecular Hbond substituents is 1. The molecule has 30 heavy (non-hydrogen) atoms. The molecule has 11 heteroatoms. The van der Waals surface area contributed by atoms with Crippen LogP contribution in [0.5, 0.6) is 5.75 Å². The van der Waals surface area contributed by atoms with E-state index in [1.54, 1.807) is 12.1 Å². The molecule has 0 aliphatic carbocycles. The van der Waals surface area contributed by atoms with E-state index < -0.39 is 48.2 Å². The Hall–Kier alpha value is -3.18. The van der Waals surface area contributed by atoms with Crippen LogP contribution in [0.15, 0.2) is 24.3 Å². The summed E-state index contributed by atoms with van der Waals surface area (Å²) >= 11 is 0. The zero-order valence-corrected chi connectivity index (χ0v) is 16.5. The van der Waals surface area contributed by atoms with Crippen molar-refractivity contribution in [3.05, 3.63) is 29.8 Å². The van der Waals surface area contributed by atoms with Crippen LogP contribution in [0.2, 0.25) is 0 Å². The molecule has 0 fully saturated rings. The van der Waals surface area contributed by atoms with Gasteiger partial charge in [0.25, 0.3) is 0 Å². The zero-order valence-electron chi connectivity index (χ0n) is 16.5. The fourth-order valence-corrected chi connectivity index (χ4v) is 2.69. The van der Waals surface area contributed by atoms with Crippen LogP contribution < -0.4 is 27.8 Å². The molecular weight excluding hydrogens is 394 g/mol. The number of nitrogens with two attached hydrogens (primary N) is 3. The minimum absolute atomic E-state index is 0.0809. The van der Waals surface area contributed by atoms with Crippen LogP contribution in [-0.2, 0) is 25.6 Å². The number of phenols is 1. The number of carboxylic acids is 1. The SMILES string of the molecule is NCCCCC(NC(=O)C(N)Cc1ccc(O)cc1)C(=O)NC(CC(N)=O)C(=O)O. The zero-order chi connectivity index (χ0) is 22.7. The summed E-state index contributed by atoms with van der Waals surface area (Å²) in [7, 11) is 0. The van der Waals surface area contributed by atoms with Gasteiger partial charge >= 0.3 is 5.97 Å². The average Bonchev–Trinajstić information content (AvgIpc) is 2.67. The van der Waals surface area contributed by atoms with Crippen LogP contribution in [0.1, 0.15) is 31.2 Å². The number of carbonyl (C=O) groups is 4. The van der Waals surface area contributed by atoms with Crippen molar-refractivity contribution in [2.24, 2.45) is 17.2 Å². The molecular formula is C19H29N5O6. The van der Waals surface area contributed by atoms with Crippen molar-refractivity contribution < 1.29 is 29.4 Å². The molecule has 10 N–H and O–H groups in total. The second kappa shape index (κ2) is 12.4. The lowest BCUT2D eigenvalue weighted by molar-refractivity contribution is -0.143. The summed E-state index contributed by atoms with van der Waals surface area (Å²) in [5.41, 5.74) is 17.1. The number of hydrogen-bond acceptors (Lipinski definition) is 7. The van der Waals surface area contributed by atoms with Gasteiger partial charge in [0.2, 0.25) is 17.7 Å². The van der Waals surface area contributed by atoms with Crippen LogP contribution in [0, 0.1) is 0 Å². The summed E-state index contributed by atoms with van der Waals surface area (Å²) in [6.07, 6.45) is 0.912. The predicted molar refractivity (Wildman–Crippen MR) is 108 cm³/mol. The third-order valence-electron chi connectivity index (χ3n) is 4.33. The number of rotatable bonds is 13. The number of unbranched alkanes of at least 4 members (excludes halogenated alkanes) is 1. The van der Waals surface area contributed by atoms with E-state index in [9.17, 15) is 24.3 Å². The maximum atomic E-state index is 12.5. The van der Waals surface area contributed by atoms with Gasteiger partial charge in [0.15, 0.2) is 0 Å². The van der Waals surface area contributed by atoms with Gasteiger partial charge in [-0.05, 0) is 49.9 Å². The summed E-state index contributed by atoms with van der Waals surface area (Å²) in [5, 5.41) is 23.2. The molecule has 166 valence electrons. The highest BCUT2D eigenvalue weighted by Crippen LogP contribution is 2.11. The predicted octanol–water partition coefficient (Wildman–Crippen LogP) is -1.68. The molecule has 0 bridgehead atoms. The molecule has 3 atom stereocenters. The maximum Gasteiger partial charge on any atom is 0.326 e. The molecule has 3 amide bonds. The summed E-state index contributed by atoms with van der Waals surface area (Å²) in [5.74, 6) is -3.58. The van der Waals surface area contributed by atoms with E-state index in [-0.39, 0.29) is 18.6 Å². The van der Waals surface area contributed by atoms with Crippen molar-refractivity contribution in [2.75, 3.05) is 6.54 Å². The minimum atomic E-state index is -1.51. The minimum Gasteiger partial charge on any atom is -0.508 e. The molecule has 11 nitrogen and oxygen atoms in total. The first-order valence-corrected chi connectivity index (χ1v) is 9.49. The molecule has 0 aliphatic rings. The Labute approximate surface area is 174 Å². The van der Waals surface area contributed by atoms with E-state index in [1.807, 2.05) is 0 Å². The lowest BCUT2D eigenvalue weighted by atomic mass is 10.0. The Morgan fingerprint density at radius 1 is 0.967 bits per heavy atom. The van der Waals surface area contributed by atoms with E-state index in [4.69, 9.17) is 22.3 Å². The van der Waals surface area contributed by atoms with E-state index in [1.165, 1.54) is 12.1 Å². The summed E-state index contributed by atoms with van der Waals surface area (Å²) in [6.45, 7) is 0.391. The van der Waals surface area contributed by atoms with Crippen molar-refractivity contribution in [3.8, 4) is 5.75 Å². The topological polar surface area (TPSA) is 211 Å². The Balaban J connectivity index is 2.80. The van der Waals surface area contributed by atoms with Gasteiger partial charge in [0.05, 0.1) is 12.5 Å². The average molecular weight is 423 g/mol.